The molecule has 2 heterocycles. The highest BCUT2D eigenvalue weighted by atomic mass is 19.4. The van der Waals surface area contributed by atoms with Gasteiger partial charge >= 0.3 is 6.18 Å². The second-order valence-corrected chi connectivity index (χ2v) is 5.05. The third-order valence-corrected chi connectivity index (χ3v) is 3.56. The first-order chi connectivity index (χ1) is 9.40. The number of carbonyl (C=O) groups excluding carboxylic acids is 1. The van der Waals surface area contributed by atoms with Gasteiger partial charge in [-0.2, -0.15) is 13.2 Å². The van der Waals surface area contributed by atoms with Gasteiger partial charge in [-0.25, -0.2) is 0 Å². The van der Waals surface area contributed by atoms with Gasteiger partial charge in [0.25, 0.3) is 5.91 Å². The highest BCUT2D eigenvalue weighted by molar-refractivity contribution is 5.92. The molecule has 0 saturated carbocycles. The van der Waals surface area contributed by atoms with Gasteiger partial charge in [0, 0.05) is 25.9 Å². The molecule has 1 amide bonds. The van der Waals surface area contributed by atoms with Crippen LogP contribution in [0.2, 0.25) is 0 Å². The summed E-state index contributed by atoms with van der Waals surface area (Å²) in [6.45, 7) is -0.122. The molecule has 0 spiro atoms. The highest BCUT2D eigenvalue weighted by Crippen LogP contribution is 2.22. The molecule has 1 N–H and O–H groups in total. The number of hydrogen-bond donors (Lipinski definition) is 1. The lowest BCUT2D eigenvalue weighted by Gasteiger charge is -2.31. The third kappa shape index (κ3) is 3.53. The minimum Gasteiger partial charge on any atom is -0.396 e. The maximum Gasteiger partial charge on any atom is 0.406 e. The number of aliphatic hydroxyl groups is 1. The molecule has 0 aliphatic carbocycles. The van der Waals surface area contributed by atoms with Crippen molar-refractivity contribution in [1.82, 2.24) is 9.47 Å². The van der Waals surface area contributed by atoms with Crippen LogP contribution >= 0.6 is 0 Å². The Morgan fingerprint density at radius 3 is 2.55 bits per heavy atom. The summed E-state index contributed by atoms with van der Waals surface area (Å²) in [4.78, 5) is 13.8. The van der Waals surface area contributed by atoms with Crippen LogP contribution in [-0.2, 0) is 6.54 Å². The van der Waals surface area contributed by atoms with E-state index < -0.39 is 12.7 Å². The van der Waals surface area contributed by atoms with Crippen molar-refractivity contribution >= 4 is 5.91 Å². The number of aromatic nitrogens is 1. The Balaban J connectivity index is 2.05. The maximum atomic E-state index is 12.4. The fourth-order valence-electron chi connectivity index (χ4n) is 2.42. The average molecular weight is 290 g/mol. The van der Waals surface area contributed by atoms with Crippen molar-refractivity contribution < 1.29 is 23.1 Å². The molecule has 7 heteroatoms. The molecular weight excluding hydrogens is 273 g/mol. The van der Waals surface area contributed by atoms with E-state index in [1.165, 1.54) is 18.3 Å². The lowest BCUT2D eigenvalue weighted by atomic mass is 9.98. The van der Waals surface area contributed by atoms with E-state index >= 15 is 0 Å². The summed E-state index contributed by atoms with van der Waals surface area (Å²) in [6.07, 6.45) is -1.72. The highest BCUT2D eigenvalue weighted by Gasteiger charge is 2.31. The second-order valence-electron chi connectivity index (χ2n) is 5.05. The van der Waals surface area contributed by atoms with Gasteiger partial charge in [0.1, 0.15) is 12.2 Å². The fourth-order valence-corrected chi connectivity index (χ4v) is 2.42. The predicted octanol–water partition coefficient (Wildman–Crippen LogP) is 1.89. The minimum atomic E-state index is -4.35. The Labute approximate surface area is 114 Å². The van der Waals surface area contributed by atoms with Crippen molar-refractivity contribution in [2.75, 3.05) is 19.7 Å². The Hall–Kier alpha value is -1.50. The van der Waals surface area contributed by atoms with Gasteiger partial charge in [-0.05, 0) is 30.9 Å². The third-order valence-electron chi connectivity index (χ3n) is 3.56. The van der Waals surface area contributed by atoms with Crippen LogP contribution in [-0.4, -0.2) is 46.4 Å². The average Bonchev–Trinajstić information content (AvgIpc) is 2.84. The van der Waals surface area contributed by atoms with E-state index in [9.17, 15) is 18.0 Å². The van der Waals surface area contributed by atoms with Gasteiger partial charge in [0.05, 0.1) is 0 Å². The summed E-state index contributed by atoms with van der Waals surface area (Å²) < 4.78 is 38.2. The van der Waals surface area contributed by atoms with Crippen molar-refractivity contribution in [3.05, 3.63) is 24.0 Å². The van der Waals surface area contributed by atoms with Crippen LogP contribution in [0.15, 0.2) is 18.3 Å². The lowest BCUT2D eigenvalue weighted by molar-refractivity contribution is -0.140. The molecule has 112 valence electrons. The summed E-state index contributed by atoms with van der Waals surface area (Å²) in [5.41, 5.74) is 0.0600. The van der Waals surface area contributed by atoms with Gasteiger partial charge < -0.3 is 14.6 Å². The molecule has 0 atom stereocenters. The van der Waals surface area contributed by atoms with Gasteiger partial charge in [-0.1, -0.05) is 0 Å². The molecule has 0 bridgehead atoms. The number of rotatable bonds is 3. The van der Waals surface area contributed by atoms with Crippen LogP contribution in [0.25, 0.3) is 0 Å². The van der Waals surface area contributed by atoms with Gasteiger partial charge in [0.15, 0.2) is 0 Å². The molecule has 1 saturated heterocycles. The Morgan fingerprint density at radius 2 is 2.00 bits per heavy atom. The Bertz CT molecular complexity index is 462. The van der Waals surface area contributed by atoms with E-state index in [4.69, 9.17) is 5.11 Å². The van der Waals surface area contributed by atoms with Crippen molar-refractivity contribution in [1.29, 1.82) is 0 Å². The van der Waals surface area contributed by atoms with Gasteiger partial charge in [-0.15, -0.1) is 0 Å². The van der Waals surface area contributed by atoms with E-state index in [1.54, 1.807) is 4.90 Å². The molecular formula is C13H17F3N2O2. The Kier molecular flexibility index (Phi) is 4.37. The summed E-state index contributed by atoms with van der Waals surface area (Å²) in [5.74, 6) is -0.198. The van der Waals surface area contributed by atoms with E-state index in [2.05, 4.69) is 0 Å². The zero-order chi connectivity index (χ0) is 14.8. The number of piperidine rings is 1. The fraction of sp³-hybridized carbons (Fsp3) is 0.615. The summed E-state index contributed by atoms with van der Waals surface area (Å²) in [5, 5.41) is 9.04. The van der Waals surface area contributed by atoms with E-state index in [-0.39, 0.29) is 24.1 Å². The van der Waals surface area contributed by atoms with Crippen molar-refractivity contribution in [3.8, 4) is 0 Å². The molecule has 0 radical (unpaired) electrons. The van der Waals surface area contributed by atoms with Crippen LogP contribution in [0.3, 0.4) is 0 Å². The number of alkyl halides is 3. The van der Waals surface area contributed by atoms with Crippen LogP contribution in [0.5, 0.6) is 0 Å². The van der Waals surface area contributed by atoms with Crippen LogP contribution in [0.4, 0.5) is 13.2 Å². The van der Waals surface area contributed by atoms with E-state index in [1.807, 2.05) is 0 Å². The van der Waals surface area contributed by atoms with Crippen LogP contribution in [0, 0.1) is 5.92 Å². The molecule has 1 fully saturated rings. The van der Waals surface area contributed by atoms with Crippen molar-refractivity contribution in [2.24, 2.45) is 5.92 Å². The first-order valence-electron chi connectivity index (χ1n) is 6.53. The molecule has 1 aliphatic rings. The quantitative estimate of drug-likeness (QED) is 0.924. The smallest absolute Gasteiger partial charge is 0.396 e. The summed E-state index contributed by atoms with van der Waals surface area (Å²) in [6, 6.07) is 2.85. The van der Waals surface area contributed by atoms with Gasteiger partial charge in [0.2, 0.25) is 0 Å². The van der Waals surface area contributed by atoms with Crippen LogP contribution < -0.4 is 0 Å². The first-order valence-corrected chi connectivity index (χ1v) is 6.53. The predicted molar refractivity (Wildman–Crippen MR) is 66.2 cm³/mol. The molecule has 0 aromatic carbocycles. The Morgan fingerprint density at radius 1 is 1.35 bits per heavy atom. The van der Waals surface area contributed by atoms with Crippen molar-refractivity contribution in [2.45, 2.75) is 25.6 Å². The maximum absolute atomic E-state index is 12.4. The molecule has 4 nitrogen and oxygen atoms in total. The molecule has 1 aromatic rings. The number of amides is 1. The number of carbonyl (C=O) groups is 1. The number of hydrogen-bond acceptors (Lipinski definition) is 2. The first kappa shape index (κ1) is 14.9. The minimum absolute atomic E-state index is 0.0600. The molecule has 2 rings (SSSR count). The number of likely N-dealkylation sites (tertiary alicyclic amines) is 1. The summed E-state index contributed by atoms with van der Waals surface area (Å²) >= 11 is 0. The number of nitrogens with zero attached hydrogens (tertiary/aromatic N) is 2. The lowest BCUT2D eigenvalue weighted by Crippen LogP contribution is -2.40. The van der Waals surface area contributed by atoms with Crippen LogP contribution in [0.1, 0.15) is 23.3 Å². The normalized spacial score (nSPS) is 17.5. The molecule has 1 aliphatic heterocycles. The van der Waals surface area contributed by atoms with Crippen molar-refractivity contribution in [3.63, 3.8) is 0 Å². The monoisotopic (exact) mass is 290 g/mol. The number of halogens is 3. The second kappa shape index (κ2) is 5.87. The van der Waals surface area contributed by atoms with Gasteiger partial charge in [-0.3, -0.25) is 4.79 Å². The standard InChI is InChI=1S/C13H17F3N2O2/c14-13(15,16)9-18-5-1-2-11(18)12(20)17-6-3-10(8-19)4-7-17/h1-2,5,10,19H,3-4,6-9H2. The van der Waals surface area contributed by atoms with E-state index in [0.29, 0.717) is 25.9 Å². The largest absolute Gasteiger partial charge is 0.406 e. The SMILES string of the molecule is O=C(c1cccn1CC(F)(F)F)N1CCC(CO)CC1. The zero-order valence-electron chi connectivity index (χ0n) is 10.9. The molecule has 1 aromatic heterocycles. The molecule has 0 unspecified atom stereocenters. The topological polar surface area (TPSA) is 45.5 Å². The molecule has 20 heavy (non-hydrogen) atoms. The van der Waals surface area contributed by atoms with E-state index in [0.717, 1.165) is 4.57 Å². The number of aliphatic hydroxyl groups excluding tert-OH is 1. The summed E-state index contributed by atoms with van der Waals surface area (Å²) in [7, 11) is 0. The zero-order valence-corrected chi connectivity index (χ0v) is 10.9.